The lowest BCUT2D eigenvalue weighted by molar-refractivity contribution is 0.796. The quantitative estimate of drug-likeness (QED) is 0.625. The monoisotopic (exact) mass is 194 g/mol. The molecule has 0 aliphatic heterocycles. The molecular weight excluding hydrogens is 180 g/mol. The van der Waals surface area contributed by atoms with Crippen molar-refractivity contribution >= 4 is 11.6 Å². The highest BCUT2D eigenvalue weighted by atomic mass is 35.5. The first-order chi connectivity index (χ1) is 6.18. The minimum absolute atomic E-state index is 0.249. The topological polar surface area (TPSA) is 0 Å². The van der Waals surface area contributed by atoms with Gasteiger partial charge in [0, 0.05) is 0 Å². The van der Waals surface area contributed by atoms with Gasteiger partial charge in [0.2, 0.25) is 0 Å². The molecule has 1 aromatic rings. The van der Waals surface area contributed by atoms with Crippen molar-refractivity contribution < 1.29 is 0 Å². The van der Waals surface area contributed by atoms with Gasteiger partial charge in [-0.3, -0.25) is 0 Å². The van der Waals surface area contributed by atoms with E-state index in [1.807, 2.05) is 0 Å². The summed E-state index contributed by atoms with van der Waals surface area (Å²) in [5.74, 6) is 0.740. The molecule has 1 saturated carbocycles. The van der Waals surface area contributed by atoms with Crippen molar-refractivity contribution in [1.29, 1.82) is 0 Å². The van der Waals surface area contributed by atoms with Gasteiger partial charge in [-0.1, -0.05) is 18.2 Å². The maximum atomic E-state index is 6.33. The summed E-state index contributed by atoms with van der Waals surface area (Å²) in [6, 6.07) is 6.56. The van der Waals surface area contributed by atoms with Crippen molar-refractivity contribution in [1.82, 2.24) is 0 Å². The number of halogens is 1. The molecular formula is C12H15Cl. The second-order valence-corrected chi connectivity index (χ2v) is 4.55. The minimum atomic E-state index is 0.249. The Hall–Kier alpha value is -0.490. The SMILES string of the molecule is Cc1ccc(C(Cl)C2CC2)cc1C. The number of alkyl halides is 1. The number of aryl methyl sites for hydroxylation is 2. The maximum absolute atomic E-state index is 6.33. The second-order valence-electron chi connectivity index (χ2n) is 4.08. The highest BCUT2D eigenvalue weighted by Gasteiger charge is 2.30. The van der Waals surface area contributed by atoms with Crippen molar-refractivity contribution in [2.24, 2.45) is 5.92 Å². The van der Waals surface area contributed by atoms with Gasteiger partial charge in [0.15, 0.2) is 0 Å². The smallest absolute Gasteiger partial charge is 0.0613 e. The molecule has 0 heterocycles. The molecule has 0 spiro atoms. The first-order valence-electron chi connectivity index (χ1n) is 4.89. The highest BCUT2D eigenvalue weighted by Crippen LogP contribution is 2.45. The summed E-state index contributed by atoms with van der Waals surface area (Å²) in [6.45, 7) is 4.29. The van der Waals surface area contributed by atoms with Crippen LogP contribution in [0.1, 0.15) is 34.9 Å². The maximum Gasteiger partial charge on any atom is 0.0613 e. The van der Waals surface area contributed by atoms with Crippen LogP contribution in [0.2, 0.25) is 0 Å². The zero-order valence-electron chi connectivity index (χ0n) is 8.18. The largest absolute Gasteiger partial charge is 0.118 e. The van der Waals surface area contributed by atoms with Crippen molar-refractivity contribution in [3.63, 3.8) is 0 Å². The first-order valence-corrected chi connectivity index (χ1v) is 5.33. The van der Waals surface area contributed by atoms with E-state index in [-0.39, 0.29) is 5.38 Å². The van der Waals surface area contributed by atoms with E-state index < -0.39 is 0 Å². The molecule has 0 amide bonds. The van der Waals surface area contributed by atoms with Crippen LogP contribution >= 0.6 is 11.6 Å². The van der Waals surface area contributed by atoms with Gasteiger partial charge in [-0.25, -0.2) is 0 Å². The van der Waals surface area contributed by atoms with E-state index in [1.165, 1.54) is 29.5 Å². The summed E-state index contributed by atoms with van der Waals surface area (Å²) < 4.78 is 0. The fourth-order valence-electron chi connectivity index (χ4n) is 1.60. The standard InChI is InChI=1S/C12H15Cl/c1-8-3-4-11(7-9(8)2)12(13)10-5-6-10/h3-4,7,10,12H,5-6H2,1-2H3. The number of rotatable bonds is 2. The summed E-state index contributed by atoms with van der Waals surface area (Å²) >= 11 is 6.33. The molecule has 1 fully saturated rings. The highest BCUT2D eigenvalue weighted by molar-refractivity contribution is 6.21. The van der Waals surface area contributed by atoms with Gasteiger partial charge in [-0.05, 0) is 49.3 Å². The second kappa shape index (κ2) is 3.34. The van der Waals surface area contributed by atoms with E-state index in [1.54, 1.807) is 0 Å². The lowest BCUT2D eigenvalue weighted by atomic mass is 10.0. The average Bonchev–Trinajstić information content (AvgIpc) is 2.91. The predicted molar refractivity (Wildman–Crippen MR) is 57.2 cm³/mol. The number of benzene rings is 1. The summed E-state index contributed by atoms with van der Waals surface area (Å²) in [4.78, 5) is 0. The molecule has 0 aromatic heterocycles. The third-order valence-corrected chi connectivity index (χ3v) is 3.49. The van der Waals surface area contributed by atoms with Crippen LogP contribution in [0.3, 0.4) is 0 Å². The van der Waals surface area contributed by atoms with Gasteiger partial charge in [0.1, 0.15) is 0 Å². The van der Waals surface area contributed by atoms with Crippen LogP contribution in [0.5, 0.6) is 0 Å². The van der Waals surface area contributed by atoms with Crippen LogP contribution in [0.4, 0.5) is 0 Å². The molecule has 70 valence electrons. The molecule has 1 aliphatic carbocycles. The lowest BCUT2D eigenvalue weighted by Gasteiger charge is -2.10. The molecule has 2 rings (SSSR count). The van der Waals surface area contributed by atoms with E-state index in [0.29, 0.717) is 0 Å². The Bertz CT molecular complexity index is 313. The Kier molecular flexibility index (Phi) is 2.33. The van der Waals surface area contributed by atoms with E-state index in [9.17, 15) is 0 Å². The van der Waals surface area contributed by atoms with Gasteiger partial charge in [0.25, 0.3) is 0 Å². The minimum Gasteiger partial charge on any atom is -0.118 e. The van der Waals surface area contributed by atoms with Crippen molar-refractivity contribution in [3.8, 4) is 0 Å². The molecule has 13 heavy (non-hydrogen) atoms. The molecule has 1 atom stereocenters. The molecule has 0 saturated heterocycles. The van der Waals surface area contributed by atoms with Crippen LogP contribution in [-0.4, -0.2) is 0 Å². The predicted octanol–water partition coefficient (Wildman–Crippen LogP) is 3.99. The van der Waals surface area contributed by atoms with E-state index >= 15 is 0 Å². The number of hydrogen-bond donors (Lipinski definition) is 0. The summed E-state index contributed by atoms with van der Waals surface area (Å²) in [5.41, 5.74) is 4.00. The third kappa shape index (κ3) is 1.88. The Labute approximate surface area is 84.9 Å². The van der Waals surface area contributed by atoms with E-state index in [4.69, 9.17) is 11.6 Å². The first kappa shape index (κ1) is 9.08. The normalized spacial score (nSPS) is 18.7. The zero-order chi connectivity index (χ0) is 9.42. The average molecular weight is 195 g/mol. The van der Waals surface area contributed by atoms with Crippen LogP contribution in [-0.2, 0) is 0 Å². The Morgan fingerprint density at radius 2 is 1.92 bits per heavy atom. The Morgan fingerprint density at radius 1 is 1.23 bits per heavy atom. The molecule has 0 bridgehead atoms. The molecule has 1 aliphatic rings. The molecule has 0 nitrogen and oxygen atoms in total. The van der Waals surface area contributed by atoms with Crippen LogP contribution in [0.25, 0.3) is 0 Å². The van der Waals surface area contributed by atoms with Crippen LogP contribution < -0.4 is 0 Å². The van der Waals surface area contributed by atoms with Gasteiger partial charge in [0.05, 0.1) is 5.38 Å². The molecule has 1 aromatic carbocycles. The van der Waals surface area contributed by atoms with E-state index in [2.05, 4.69) is 32.0 Å². The van der Waals surface area contributed by atoms with Crippen LogP contribution in [0.15, 0.2) is 18.2 Å². The number of hydrogen-bond acceptors (Lipinski definition) is 0. The summed E-state index contributed by atoms with van der Waals surface area (Å²) in [7, 11) is 0. The molecule has 1 unspecified atom stereocenters. The fourth-order valence-corrected chi connectivity index (χ4v) is 1.98. The van der Waals surface area contributed by atoms with Gasteiger partial charge in [-0.15, -0.1) is 11.6 Å². The summed E-state index contributed by atoms with van der Waals surface area (Å²) in [6.07, 6.45) is 2.61. The van der Waals surface area contributed by atoms with Crippen LogP contribution in [0, 0.1) is 19.8 Å². The summed E-state index contributed by atoms with van der Waals surface area (Å²) in [5, 5.41) is 0.249. The fraction of sp³-hybridized carbons (Fsp3) is 0.500. The van der Waals surface area contributed by atoms with Gasteiger partial charge < -0.3 is 0 Å². The van der Waals surface area contributed by atoms with Crippen molar-refractivity contribution in [2.45, 2.75) is 32.1 Å². The Morgan fingerprint density at radius 3 is 2.46 bits per heavy atom. The Balaban J connectivity index is 2.24. The van der Waals surface area contributed by atoms with E-state index in [0.717, 1.165) is 5.92 Å². The molecule has 0 radical (unpaired) electrons. The third-order valence-electron chi connectivity index (χ3n) is 2.89. The van der Waals surface area contributed by atoms with Gasteiger partial charge >= 0.3 is 0 Å². The van der Waals surface area contributed by atoms with Gasteiger partial charge in [-0.2, -0.15) is 0 Å². The zero-order valence-corrected chi connectivity index (χ0v) is 8.93. The molecule has 1 heteroatoms. The van der Waals surface area contributed by atoms with Crippen molar-refractivity contribution in [2.75, 3.05) is 0 Å². The lowest BCUT2D eigenvalue weighted by Crippen LogP contribution is -1.94. The van der Waals surface area contributed by atoms with Crippen molar-refractivity contribution in [3.05, 3.63) is 34.9 Å². The molecule has 0 N–H and O–H groups in total.